The molecule has 158 valence electrons. The van der Waals surface area contributed by atoms with Gasteiger partial charge in [-0.1, -0.05) is 31.2 Å². The average Bonchev–Trinajstić information content (AvgIpc) is 3.05. The van der Waals surface area contributed by atoms with E-state index in [0.717, 1.165) is 81.3 Å². The van der Waals surface area contributed by atoms with Crippen molar-refractivity contribution in [2.24, 2.45) is 0 Å². The molecule has 3 saturated heterocycles. The average molecular weight is 405 g/mol. The maximum Gasteiger partial charge on any atom is 0.0998 e. The van der Waals surface area contributed by atoms with Crippen molar-refractivity contribution in [2.75, 3.05) is 44.2 Å². The van der Waals surface area contributed by atoms with Crippen LogP contribution in [0.2, 0.25) is 0 Å². The van der Waals surface area contributed by atoms with Gasteiger partial charge < -0.3 is 14.9 Å². The van der Waals surface area contributed by atoms with Gasteiger partial charge in [0.15, 0.2) is 0 Å². The van der Waals surface area contributed by atoms with Crippen LogP contribution in [0.4, 0.5) is 5.69 Å². The molecule has 1 N–H and O–H groups in total. The molecule has 2 aromatic carbocycles. The molecule has 5 heteroatoms. The zero-order valence-corrected chi connectivity index (χ0v) is 17.9. The topological polar surface area (TPSA) is 53.7 Å². The third-order valence-electron chi connectivity index (χ3n) is 7.58. The number of β-amino-alcohol motifs (C(OH)–C–C–N with tert-alkyl or cyclic N) is 1. The molecule has 3 aliphatic rings. The molecule has 3 aliphatic heterocycles. The molecule has 5 rings (SSSR count). The van der Waals surface area contributed by atoms with Crippen LogP contribution in [0.1, 0.15) is 38.2 Å². The van der Waals surface area contributed by atoms with Gasteiger partial charge in [-0.15, -0.1) is 0 Å². The zero-order chi connectivity index (χ0) is 20.7. The first-order valence-electron chi connectivity index (χ1n) is 11.5. The molecule has 5 nitrogen and oxygen atoms in total. The Morgan fingerprint density at radius 3 is 2.23 bits per heavy atom. The monoisotopic (exact) mass is 404 g/mol. The lowest BCUT2D eigenvalue weighted by Crippen LogP contribution is -2.58. The second kappa shape index (κ2) is 7.85. The maximum atomic E-state index is 11.6. The standard InChI is InChI=1S/C25H32N4O/c1-2-27-11-13-28(14-12-27)18-25(30)15-20-8-9-21(16-25)29(20)24-10-7-19(17-26)22-5-3-4-6-23(22)24/h3-7,10,20-21,30H,2,8-9,11-16,18H2,1H3/t20-,21+,25+. The number of rotatable bonds is 4. The molecule has 0 aromatic heterocycles. The van der Waals surface area contributed by atoms with Crippen molar-refractivity contribution in [2.45, 2.75) is 50.3 Å². The maximum absolute atomic E-state index is 11.6. The largest absolute Gasteiger partial charge is 0.388 e. The Morgan fingerprint density at radius 1 is 0.967 bits per heavy atom. The lowest BCUT2D eigenvalue weighted by Gasteiger charge is -2.48. The van der Waals surface area contributed by atoms with Gasteiger partial charge >= 0.3 is 0 Å². The summed E-state index contributed by atoms with van der Waals surface area (Å²) in [7, 11) is 0. The highest BCUT2D eigenvalue weighted by Gasteiger charge is 2.48. The first-order chi connectivity index (χ1) is 14.6. The van der Waals surface area contributed by atoms with Crippen molar-refractivity contribution in [3.8, 4) is 6.07 Å². The van der Waals surface area contributed by atoms with Crippen molar-refractivity contribution < 1.29 is 5.11 Å². The minimum absolute atomic E-state index is 0.377. The van der Waals surface area contributed by atoms with E-state index in [9.17, 15) is 10.4 Å². The molecule has 0 saturated carbocycles. The SMILES string of the molecule is CCN1CCN(C[C@]2(O)C[C@H]3CC[C@@H](C2)N3c2ccc(C#N)c3ccccc23)CC1. The van der Waals surface area contributed by atoms with Crippen LogP contribution < -0.4 is 4.90 Å². The number of anilines is 1. The van der Waals surface area contributed by atoms with E-state index in [2.05, 4.69) is 52.0 Å². The Labute approximate surface area is 179 Å². The molecule has 3 fully saturated rings. The highest BCUT2D eigenvalue weighted by atomic mass is 16.3. The van der Waals surface area contributed by atoms with Gasteiger partial charge in [-0.2, -0.15) is 5.26 Å². The molecule has 2 bridgehead atoms. The fourth-order valence-electron chi connectivity index (χ4n) is 6.13. The molecular weight excluding hydrogens is 372 g/mol. The molecule has 0 unspecified atom stereocenters. The molecule has 0 aliphatic carbocycles. The third kappa shape index (κ3) is 3.47. The summed E-state index contributed by atoms with van der Waals surface area (Å²) in [5.74, 6) is 0. The lowest BCUT2D eigenvalue weighted by atomic mass is 9.84. The Morgan fingerprint density at radius 2 is 1.60 bits per heavy atom. The molecule has 0 spiro atoms. The Kier molecular flexibility index (Phi) is 5.18. The van der Waals surface area contributed by atoms with Crippen LogP contribution in [0.5, 0.6) is 0 Å². The number of likely N-dealkylation sites (N-methyl/N-ethyl adjacent to an activating group) is 1. The van der Waals surface area contributed by atoms with Crippen molar-refractivity contribution in [3.05, 3.63) is 42.0 Å². The van der Waals surface area contributed by atoms with Gasteiger partial charge in [0.05, 0.1) is 17.2 Å². The van der Waals surface area contributed by atoms with Crippen LogP contribution in [0.15, 0.2) is 36.4 Å². The number of piperazine rings is 1. The lowest BCUT2D eigenvalue weighted by molar-refractivity contribution is -0.0367. The molecule has 30 heavy (non-hydrogen) atoms. The number of fused-ring (bicyclic) bond motifs is 3. The highest BCUT2D eigenvalue weighted by molar-refractivity contribution is 5.98. The van der Waals surface area contributed by atoms with E-state index in [0.29, 0.717) is 12.1 Å². The van der Waals surface area contributed by atoms with Crippen molar-refractivity contribution in [3.63, 3.8) is 0 Å². The number of hydrogen-bond acceptors (Lipinski definition) is 5. The van der Waals surface area contributed by atoms with Gasteiger partial charge in [0.1, 0.15) is 0 Å². The van der Waals surface area contributed by atoms with E-state index in [1.54, 1.807) is 0 Å². The van der Waals surface area contributed by atoms with E-state index in [4.69, 9.17) is 0 Å². The van der Waals surface area contributed by atoms with Crippen molar-refractivity contribution >= 4 is 16.5 Å². The molecular formula is C25H32N4O. The fraction of sp³-hybridized carbons (Fsp3) is 0.560. The number of hydrogen-bond donors (Lipinski definition) is 1. The summed E-state index contributed by atoms with van der Waals surface area (Å²) < 4.78 is 0. The Bertz CT molecular complexity index is 945. The Hall–Kier alpha value is -2.13. The highest BCUT2D eigenvalue weighted by Crippen LogP contribution is 2.45. The third-order valence-corrected chi connectivity index (χ3v) is 7.58. The summed E-state index contributed by atoms with van der Waals surface area (Å²) in [6.45, 7) is 8.51. The van der Waals surface area contributed by atoms with Gasteiger partial charge in [-0.05, 0) is 44.4 Å². The summed E-state index contributed by atoms with van der Waals surface area (Å²) in [4.78, 5) is 7.52. The van der Waals surface area contributed by atoms with Gasteiger partial charge in [0.25, 0.3) is 0 Å². The number of nitriles is 1. The van der Waals surface area contributed by atoms with Crippen LogP contribution in [-0.4, -0.2) is 71.9 Å². The van der Waals surface area contributed by atoms with Crippen LogP contribution >= 0.6 is 0 Å². The van der Waals surface area contributed by atoms with E-state index in [1.807, 2.05) is 12.1 Å². The number of benzene rings is 2. The summed E-state index contributed by atoms with van der Waals surface area (Å²) in [6.07, 6.45) is 3.97. The first-order valence-corrected chi connectivity index (χ1v) is 11.5. The van der Waals surface area contributed by atoms with Gasteiger partial charge in [0.2, 0.25) is 0 Å². The second-order valence-electron chi connectivity index (χ2n) is 9.42. The smallest absolute Gasteiger partial charge is 0.0998 e. The molecule has 0 radical (unpaired) electrons. The van der Waals surface area contributed by atoms with E-state index in [1.165, 1.54) is 5.69 Å². The van der Waals surface area contributed by atoms with Crippen molar-refractivity contribution in [1.29, 1.82) is 5.26 Å². The Balaban J connectivity index is 1.37. The number of piperidine rings is 1. The van der Waals surface area contributed by atoms with Crippen LogP contribution in [0, 0.1) is 11.3 Å². The molecule has 0 amide bonds. The number of nitrogens with zero attached hydrogens (tertiary/aromatic N) is 4. The summed E-state index contributed by atoms with van der Waals surface area (Å²) in [5, 5.41) is 23.3. The van der Waals surface area contributed by atoms with E-state index >= 15 is 0 Å². The van der Waals surface area contributed by atoms with Crippen LogP contribution in [0.3, 0.4) is 0 Å². The number of aliphatic hydroxyl groups is 1. The van der Waals surface area contributed by atoms with Gasteiger partial charge in [-0.3, -0.25) is 4.90 Å². The predicted octanol–water partition coefficient (Wildman–Crippen LogP) is 3.21. The zero-order valence-electron chi connectivity index (χ0n) is 17.9. The summed E-state index contributed by atoms with van der Waals surface area (Å²) in [5.41, 5.74) is 1.39. The minimum atomic E-state index is -0.584. The van der Waals surface area contributed by atoms with Gasteiger partial charge in [0, 0.05) is 61.3 Å². The quantitative estimate of drug-likeness (QED) is 0.848. The first kappa shape index (κ1) is 19.8. The van der Waals surface area contributed by atoms with Crippen LogP contribution in [-0.2, 0) is 0 Å². The normalized spacial score (nSPS) is 30.0. The molecule has 3 atom stereocenters. The summed E-state index contributed by atoms with van der Waals surface area (Å²) >= 11 is 0. The molecule has 3 heterocycles. The minimum Gasteiger partial charge on any atom is -0.388 e. The van der Waals surface area contributed by atoms with E-state index < -0.39 is 5.60 Å². The van der Waals surface area contributed by atoms with Crippen molar-refractivity contribution in [1.82, 2.24) is 9.80 Å². The summed E-state index contributed by atoms with van der Waals surface area (Å²) in [6, 6.07) is 15.4. The fourth-order valence-corrected chi connectivity index (χ4v) is 6.13. The predicted molar refractivity (Wildman–Crippen MR) is 121 cm³/mol. The van der Waals surface area contributed by atoms with Gasteiger partial charge in [-0.25, -0.2) is 0 Å². The van der Waals surface area contributed by atoms with E-state index in [-0.39, 0.29) is 0 Å². The van der Waals surface area contributed by atoms with Crippen LogP contribution in [0.25, 0.3) is 10.8 Å². The molecule has 2 aromatic rings. The second-order valence-corrected chi connectivity index (χ2v) is 9.42.